The molecule has 0 radical (unpaired) electrons. The first kappa shape index (κ1) is 17.2. The molecule has 2 aromatic rings. The van der Waals surface area contributed by atoms with Crippen molar-refractivity contribution in [2.45, 2.75) is 31.8 Å². The SMILES string of the molecule is Cc1ccc(C(=O)N2CCC3(CC2)OCCc2sc(C(=O)O)cc23)cn1. The van der Waals surface area contributed by atoms with Crippen LogP contribution >= 0.6 is 11.3 Å². The van der Waals surface area contributed by atoms with Crippen LogP contribution in [-0.4, -0.2) is 46.6 Å². The summed E-state index contributed by atoms with van der Waals surface area (Å²) in [5.41, 5.74) is 2.03. The third-order valence-corrected chi connectivity index (χ3v) is 6.42. The first-order chi connectivity index (χ1) is 12.5. The maximum absolute atomic E-state index is 12.7. The molecule has 4 heterocycles. The van der Waals surface area contributed by atoms with Crippen molar-refractivity contribution in [1.29, 1.82) is 0 Å². The highest BCUT2D eigenvalue weighted by Crippen LogP contribution is 2.44. The van der Waals surface area contributed by atoms with Gasteiger partial charge in [-0.1, -0.05) is 0 Å². The standard InChI is InChI=1S/C19H20N2O4S/c1-12-2-3-13(11-20-12)17(22)21-7-5-19(6-8-21)14-10-16(18(23)24)26-15(14)4-9-25-19/h2-3,10-11H,4-9H2,1H3,(H,23,24). The molecule has 0 aliphatic carbocycles. The fraction of sp³-hybridized carbons (Fsp3) is 0.421. The van der Waals surface area contributed by atoms with Gasteiger partial charge in [0.15, 0.2) is 0 Å². The van der Waals surface area contributed by atoms with E-state index in [-0.39, 0.29) is 5.91 Å². The largest absolute Gasteiger partial charge is 0.477 e. The monoisotopic (exact) mass is 372 g/mol. The minimum absolute atomic E-state index is 0.0140. The summed E-state index contributed by atoms with van der Waals surface area (Å²) < 4.78 is 6.14. The quantitative estimate of drug-likeness (QED) is 0.877. The van der Waals surface area contributed by atoms with Gasteiger partial charge in [-0.2, -0.15) is 0 Å². The number of carbonyl (C=O) groups excluding carboxylic acids is 1. The van der Waals surface area contributed by atoms with Gasteiger partial charge in [0, 0.05) is 36.3 Å². The molecule has 7 heteroatoms. The van der Waals surface area contributed by atoms with E-state index in [9.17, 15) is 14.7 Å². The molecule has 136 valence electrons. The Labute approximate surface area is 155 Å². The van der Waals surface area contributed by atoms with E-state index in [0.29, 0.717) is 43.0 Å². The van der Waals surface area contributed by atoms with Crippen LogP contribution in [0.2, 0.25) is 0 Å². The van der Waals surface area contributed by atoms with E-state index in [4.69, 9.17) is 4.74 Å². The Kier molecular flexibility index (Phi) is 4.28. The molecule has 2 aromatic heterocycles. The minimum atomic E-state index is -0.890. The van der Waals surface area contributed by atoms with Crippen LogP contribution in [0.15, 0.2) is 24.4 Å². The predicted molar refractivity (Wildman–Crippen MR) is 96.7 cm³/mol. The van der Waals surface area contributed by atoms with E-state index in [1.165, 1.54) is 11.3 Å². The Bertz CT molecular complexity index is 851. The average molecular weight is 372 g/mol. The molecule has 0 aromatic carbocycles. The lowest BCUT2D eigenvalue weighted by Gasteiger charge is -2.44. The van der Waals surface area contributed by atoms with Gasteiger partial charge in [-0.05, 0) is 43.5 Å². The van der Waals surface area contributed by atoms with Crippen molar-refractivity contribution >= 4 is 23.2 Å². The molecule has 1 saturated heterocycles. The number of nitrogens with zero attached hydrogens (tertiary/aromatic N) is 2. The number of hydrogen-bond acceptors (Lipinski definition) is 5. The number of aromatic nitrogens is 1. The van der Waals surface area contributed by atoms with Gasteiger partial charge in [-0.15, -0.1) is 11.3 Å². The fourth-order valence-electron chi connectivity index (χ4n) is 3.78. The summed E-state index contributed by atoms with van der Waals surface area (Å²) in [5.74, 6) is -0.904. The number of piperidine rings is 1. The Morgan fingerprint density at radius 1 is 1.31 bits per heavy atom. The van der Waals surface area contributed by atoms with Crippen LogP contribution in [0.4, 0.5) is 0 Å². The number of carbonyl (C=O) groups is 2. The fourth-order valence-corrected chi connectivity index (χ4v) is 4.85. The molecule has 2 aliphatic rings. The van der Waals surface area contributed by atoms with E-state index >= 15 is 0 Å². The predicted octanol–water partition coefficient (Wildman–Crippen LogP) is 2.85. The molecular formula is C19H20N2O4S. The number of pyridine rings is 1. The minimum Gasteiger partial charge on any atom is -0.477 e. The van der Waals surface area contributed by atoms with Gasteiger partial charge in [0.2, 0.25) is 0 Å². The lowest BCUT2D eigenvalue weighted by Crippen LogP contribution is -2.48. The second-order valence-corrected chi connectivity index (χ2v) is 7.96. The molecule has 26 heavy (non-hydrogen) atoms. The van der Waals surface area contributed by atoms with Gasteiger partial charge in [0.25, 0.3) is 5.91 Å². The molecule has 1 amide bonds. The summed E-state index contributed by atoms with van der Waals surface area (Å²) in [4.78, 5) is 31.5. The summed E-state index contributed by atoms with van der Waals surface area (Å²) in [6, 6.07) is 5.42. The summed E-state index contributed by atoms with van der Waals surface area (Å²) in [6.45, 7) is 3.67. The molecule has 1 spiro atoms. The van der Waals surface area contributed by atoms with Gasteiger partial charge in [0.05, 0.1) is 17.8 Å². The first-order valence-electron chi connectivity index (χ1n) is 8.71. The lowest BCUT2D eigenvalue weighted by molar-refractivity contribution is -0.0926. The van der Waals surface area contributed by atoms with Crippen molar-refractivity contribution in [3.05, 3.63) is 51.0 Å². The highest BCUT2D eigenvalue weighted by Gasteiger charge is 2.43. The van der Waals surface area contributed by atoms with Gasteiger partial charge in [-0.3, -0.25) is 9.78 Å². The highest BCUT2D eigenvalue weighted by atomic mass is 32.1. The van der Waals surface area contributed by atoms with Crippen molar-refractivity contribution in [3.63, 3.8) is 0 Å². The van der Waals surface area contributed by atoms with Crippen LogP contribution in [0, 0.1) is 6.92 Å². The number of ether oxygens (including phenoxy) is 1. The highest BCUT2D eigenvalue weighted by molar-refractivity contribution is 7.14. The number of fused-ring (bicyclic) bond motifs is 2. The zero-order valence-corrected chi connectivity index (χ0v) is 15.3. The molecule has 1 fully saturated rings. The number of hydrogen-bond donors (Lipinski definition) is 1. The number of thiophene rings is 1. The van der Waals surface area contributed by atoms with Crippen LogP contribution in [0.1, 0.15) is 49.0 Å². The second-order valence-electron chi connectivity index (χ2n) is 6.83. The van der Waals surface area contributed by atoms with Gasteiger partial charge in [0.1, 0.15) is 4.88 Å². The molecular weight excluding hydrogens is 352 g/mol. The molecule has 1 N–H and O–H groups in total. The summed E-state index contributed by atoms with van der Waals surface area (Å²) in [7, 11) is 0. The summed E-state index contributed by atoms with van der Waals surface area (Å²) in [6.07, 6.45) is 3.74. The average Bonchev–Trinajstić information content (AvgIpc) is 3.09. The van der Waals surface area contributed by atoms with E-state index in [2.05, 4.69) is 4.98 Å². The van der Waals surface area contributed by atoms with Crippen molar-refractivity contribution < 1.29 is 19.4 Å². The number of likely N-dealkylation sites (tertiary alicyclic amines) is 1. The van der Waals surface area contributed by atoms with E-state index in [1.54, 1.807) is 12.3 Å². The topological polar surface area (TPSA) is 79.7 Å². The van der Waals surface area contributed by atoms with Gasteiger partial charge >= 0.3 is 5.97 Å². The van der Waals surface area contributed by atoms with Crippen LogP contribution in [0.3, 0.4) is 0 Å². The maximum Gasteiger partial charge on any atom is 0.345 e. The third-order valence-electron chi connectivity index (χ3n) is 5.23. The lowest BCUT2D eigenvalue weighted by atomic mass is 9.82. The Morgan fingerprint density at radius 2 is 2.08 bits per heavy atom. The van der Waals surface area contributed by atoms with E-state index in [1.807, 2.05) is 24.0 Å². The zero-order chi connectivity index (χ0) is 18.3. The van der Waals surface area contributed by atoms with E-state index < -0.39 is 11.6 Å². The van der Waals surface area contributed by atoms with Crippen LogP contribution < -0.4 is 0 Å². The van der Waals surface area contributed by atoms with Crippen LogP contribution in [0.25, 0.3) is 0 Å². The molecule has 0 saturated carbocycles. The smallest absolute Gasteiger partial charge is 0.345 e. The van der Waals surface area contributed by atoms with Gasteiger partial charge in [-0.25, -0.2) is 4.79 Å². The third kappa shape index (κ3) is 2.91. The summed E-state index contributed by atoms with van der Waals surface area (Å²) >= 11 is 1.35. The normalized spacial score (nSPS) is 18.6. The van der Waals surface area contributed by atoms with Crippen molar-refractivity contribution in [2.75, 3.05) is 19.7 Å². The number of aryl methyl sites for hydroxylation is 1. The Balaban J connectivity index is 1.53. The molecule has 0 atom stereocenters. The van der Waals surface area contributed by atoms with Crippen molar-refractivity contribution in [2.24, 2.45) is 0 Å². The first-order valence-corrected chi connectivity index (χ1v) is 9.52. The zero-order valence-electron chi connectivity index (χ0n) is 14.5. The second kappa shape index (κ2) is 6.48. The number of carboxylic acids is 1. The van der Waals surface area contributed by atoms with Crippen LogP contribution in [-0.2, 0) is 16.8 Å². The number of aromatic carboxylic acids is 1. The Hall–Kier alpha value is -2.25. The van der Waals surface area contributed by atoms with Gasteiger partial charge < -0.3 is 14.7 Å². The van der Waals surface area contributed by atoms with E-state index in [0.717, 1.165) is 22.6 Å². The van der Waals surface area contributed by atoms with Crippen molar-refractivity contribution in [3.8, 4) is 0 Å². The molecule has 4 rings (SSSR count). The number of carboxylic acid groups (broad SMARTS) is 1. The Morgan fingerprint density at radius 3 is 2.73 bits per heavy atom. The summed E-state index contributed by atoms with van der Waals surface area (Å²) in [5, 5.41) is 9.29. The molecule has 0 unspecified atom stereocenters. The van der Waals surface area contributed by atoms with Crippen molar-refractivity contribution in [1.82, 2.24) is 9.88 Å². The molecule has 6 nitrogen and oxygen atoms in total. The molecule has 0 bridgehead atoms. The maximum atomic E-state index is 12.7. The van der Waals surface area contributed by atoms with Crippen LogP contribution in [0.5, 0.6) is 0 Å². The molecule has 2 aliphatic heterocycles. The number of amides is 1. The number of rotatable bonds is 2.